The van der Waals surface area contributed by atoms with Crippen LogP contribution in [0, 0.1) is 11.8 Å². The maximum absolute atomic E-state index is 12.6. The molecule has 4 heteroatoms. The first kappa shape index (κ1) is 14.4. The van der Waals surface area contributed by atoms with Gasteiger partial charge in [-0.15, -0.1) is 0 Å². The molecule has 0 aliphatic heterocycles. The van der Waals surface area contributed by atoms with E-state index in [2.05, 4.69) is 0 Å². The Hall–Kier alpha value is -1.55. The molecule has 2 aliphatic carbocycles. The van der Waals surface area contributed by atoms with Crippen molar-refractivity contribution in [2.75, 3.05) is 13.1 Å². The Morgan fingerprint density at radius 3 is 2.14 bits per heavy atom. The Morgan fingerprint density at radius 1 is 1.14 bits per heavy atom. The van der Waals surface area contributed by atoms with Gasteiger partial charge in [-0.1, -0.05) is 12.1 Å². The van der Waals surface area contributed by atoms with E-state index in [0.717, 1.165) is 18.7 Å². The lowest BCUT2D eigenvalue weighted by atomic mass is 10.0. The number of carbonyl (C=O) groups excluding carboxylic acids is 1. The fourth-order valence-electron chi connectivity index (χ4n) is 2.69. The van der Waals surface area contributed by atoms with E-state index < -0.39 is 6.04 Å². The SMILES string of the molecule is NC(Cc1ccc(O)cc1)C(=O)N(CC1CC1)CC1CC1. The Labute approximate surface area is 125 Å². The van der Waals surface area contributed by atoms with Crippen molar-refractivity contribution < 1.29 is 9.90 Å². The zero-order valence-corrected chi connectivity index (χ0v) is 12.4. The van der Waals surface area contributed by atoms with Gasteiger partial charge in [0.1, 0.15) is 5.75 Å². The summed E-state index contributed by atoms with van der Waals surface area (Å²) in [6, 6.07) is 6.45. The van der Waals surface area contributed by atoms with Crippen LogP contribution in [0.1, 0.15) is 31.2 Å². The molecule has 2 aliphatic rings. The molecular weight excluding hydrogens is 264 g/mol. The molecule has 0 heterocycles. The molecule has 2 fully saturated rings. The van der Waals surface area contributed by atoms with Crippen LogP contribution >= 0.6 is 0 Å². The molecule has 21 heavy (non-hydrogen) atoms. The molecule has 0 bridgehead atoms. The maximum Gasteiger partial charge on any atom is 0.239 e. The molecule has 0 radical (unpaired) electrons. The third kappa shape index (κ3) is 4.21. The smallest absolute Gasteiger partial charge is 0.239 e. The quantitative estimate of drug-likeness (QED) is 0.805. The highest BCUT2D eigenvalue weighted by molar-refractivity contribution is 5.82. The van der Waals surface area contributed by atoms with Gasteiger partial charge in [-0.25, -0.2) is 0 Å². The van der Waals surface area contributed by atoms with E-state index >= 15 is 0 Å². The normalized spacial score (nSPS) is 19.3. The van der Waals surface area contributed by atoms with E-state index in [1.54, 1.807) is 12.1 Å². The van der Waals surface area contributed by atoms with Crippen molar-refractivity contribution >= 4 is 5.91 Å². The molecule has 0 aromatic heterocycles. The van der Waals surface area contributed by atoms with E-state index in [1.807, 2.05) is 17.0 Å². The standard InChI is InChI=1S/C17H24N2O2/c18-16(9-12-5-7-15(20)8-6-12)17(21)19(10-13-1-2-13)11-14-3-4-14/h5-8,13-14,16,20H,1-4,9-11,18H2. The van der Waals surface area contributed by atoms with Crippen molar-refractivity contribution in [2.24, 2.45) is 17.6 Å². The number of hydrogen-bond acceptors (Lipinski definition) is 3. The molecule has 4 nitrogen and oxygen atoms in total. The van der Waals surface area contributed by atoms with Crippen LogP contribution in [0.4, 0.5) is 0 Å². The third-order valence-electron chi connectivity index (χ3n) is 4.37. The molecule has 1 amide bonds. The van der Waals surface area contributed by atoms with Crippen molar-refractivity contribution in [3.8, 4) is 5.75 Å². The fraction of sp³-hybridized carbons (Fsp3) is 0.588. The van der Waals surface area contributed by atoms with Crippen LogP contribution < -0.4 is 5.73 Å². The number of aromatic hydroxyl groups is 1. The minimum Gasteiger partial charge on any atom is -0.508 e. The van der Waals surface area contributed by atoms with Crippen molar-refractivity contribution in [3.63, 3.8) is 0 Å². The number of phenolic OH excluding ortho intramolecular Hbond substituents is 1. The minimum atomic E-state index is -0.480. The van der Waals surface area contributed by atoms with E-state index in [0.29, 0.717) is 18.3 Å². The fourth-order valence-corrected chi connectivity index (χ4v) is 2.69. The van der Waals surface area contributed by atoms with Gasteiger partial charge >= 0.3 is 0 Å². The highest BCUT2D eigenvalue weighted by atomic mass is 16.3. The number of nitrogens with zero attached hydrogens (tertiary/aromatic N) is 1. The van der Waals surface area contributed by atoms with Gasteiger partial charge in [0.05, 0.1) is 6.04 Å². The summed E-state index contributed by atoms with van der Waals surface area (Å²) in [5, 5.41) is 9.29. The second-order valence-corrected chi connectivity index (χ2v) is 6.61. The molecule has 3 N–H and O–H groups in total. The summed E-state index contributed by atoms with van der Waals surface area (Å²) in [6.45, 7) is 1.78. The number of nitrogens with two attached hydrogens (primary N) is 1. The van der Waals surface area contributed by atoms with Gasteiger partial charge in [0, 0.05) is 13.1 Å². The number of amides is 1. The lowest BCUT2D eigenvalue weighted by Gasteiger charge is -2.26. The Kier molecular flexibility index (Phi) is 4.15. The summed E-state index contributed by atoms with van der Waals surface area (Å²) < 4.78 is 0. The lowest BCUT2D eigenvalue weighted by Crippen LogP contribution is -2.46. The highest BCUT2D eigenvalue weighted by Gasteiger charge is 2.33. The van der Waals surface area contributed by atoms with Gasteiger partial charge in [0.15, 0.2) is 0 Å². The molecule has 1 unspecified atom stereocenters. The zero-order chi connectivity index (χ0) is 14.8. The van der Waals surface area contributed by atoms with Gasteiger partial charge in [0.25, 0.3) is 0 Å². The first-order chi connectivity index (χ1) is 10.1. The molecule has 0 saturated heterocycles. The first-order valence-electron chi connectivity index (χ1n) is 7.94. The molecule has 114 valence electrons. The minimum absolute atomic E-state index is 0.0851. The largest absolute Gasteiger partial charge is 0.508 e. The lowest BCUT2D eigenvalue weighted by molar-refractivity contribution is -0.133. The monoisotopic (exact) mass is 288 g/mol. The van der Waals surface area contributed by atoms with E-state index in [-0.39, 0.29) is 11.7 Å². The molecule has 1 atom stereocenters. The summed E-state index contributed by atoms with van der Waals surface area (Å²) in [5.74, 6) is 1.73. The summed E-state index contributed by atoms with van der Waals surface area (Å²) in [4.78, 5) is 14.6. The van der Waals surface area contributed by atoms with E-state index in [9.17, 15) is 9.90 Å². The van der Waals surface area contributed by atoms with Crippen LogP contribution in [0.5, 0.6) is 5.75 Å². The number of phenols is 1. The summed E-state index contributed by atoms with van der Waals surface area (Å²) in [7, 11) is 0. The maximum atomic E-state index is 12.6. The van der Waals surface area contributed by atoms with Crippen molar-refractivity contribution in [1.29, 1.82) is 0 Å². The third-order valence-corrected chi connectivity index (χ3v) is 4.37. The van der Waals surface area contributed by atoms with Crippen LogP contribution in [-0.4, -0.2) is 35.0 Å². The van der Waals surface area contributed by atoms with E-state index in [4.69, 9.17) is 5.73 Å². The summed E-state index contributed by atoms with van der Waals surface area (Å²) in [5.41, 5.74) is 7.12. The molecule has 0 spiro atoms. The Morgan fingerprint density at radius 2 is 1.67 bits per heavy atom. The van der Waals surface area contributed by atoms with Crippen molar-refractivity contribution in [3.05, 3.63) is 29.8 Å². The average Bonchev–Trinajstić information content (AvgIpc) is 3.35. The molecule has 3 rings (SSSR count). The molecule has 2 saturated carbocycles. The number of carbonyl (C=O) groups is 1. The Bertz CT molecular complexity index is 478. The second kappa shape index (κ2) is 6.06. The molecule has 1 aromatic rings. The van der Waals surface area contributed by atoms with Gasteiger partial charge in [0.2, 0.25) is 5.91 Å². The second-order valence-electron chi connectivity index (χ2n) is 6.61. The Balaban J connectivity index is 1.58. The van der Waals surface area contributed by atoms with Crippen LogP contribution in [0.3, 0.4) is 0 Å². The highest BCUT2D eigenvalue weighted by Crippen LogP contribution is 2.34. The topological polar surface area (TPSA) is 66.6 Å². The number of benzene rings is 1. The predicted molar refractivity (Wildman–Crippen MR) is 81.8 cm³/mol. The average molecular weight is 288 g/mol. The van der Waals surface area contributed by atoms with Gasteiger partial charge in [-0.05, 0) is 61.6 Å². The van der Waals surface area contributed by atoms with Crippen LogP contribution in [-0.2, 0) is 11.2 Å². The first-order valence-corrected chi connectivity index (χ1v) is 7.94. The van der Waals surface area contributed by atoms with Crippen molar-refractivity contribution in [1.82, 2.24) is 4.90 Å². The summed E-state index contributed by atoms with van der Waals surface area (Å²) >= 11 is 0. The van der Waals surface area contributed by atoms with Crippen LogP contribution in [0.15, 0.2) is 24.3 Å². The molecular formula is C17H24N2O2. The van der Waals surface area contributed by atoms with Gasteiger partial charge < -0.3 is 15.7 Å². The zero-order valence-electron chi connectivity index (χ0n) is 12.4. The van der Waals surface area contributed by atoms with Crippen LogP contribution in [0.25, 0.3) is 0 Å². The predicted octanol–water partition coefficient (Wildman–Crippen LogP) is 1.91. The number of hydrogen-bond donors (Lipinski definition) is 2. The van der Waals surface area contributed by atoms with E-state index in [1.165, 1.54) is 25.7 Å². The van der Waals surface area contributed by atoms with Gasteiger partial charge in [-0.2, -0.15) is 0 Å². The van der Waals surface area contributed by atoms with Crippen LogP contribution in [0.2, 0.25) is 0 Å². The van der Waals surface area contributed by atoms with Gasteiger partial charge in [-0.3, -0.25) is 4.79 Å². The molecule has 1 aromatic carbocycles. The van der Waals surface area contributed by atoms with Crippen molar-refractivity contribution in [2.45, 2.75) is 38.1 Å². The summed E-state index contributed by atoms with van der Waals surface area (Å²) in [6.07, 6.45) is 5.54. The number of rotatable bonds is 7.